The second-order valence-electron chi connectivity index (χ2n) is 9.33. The molecule has 1 saturated heterocycles. The zero-order chi connectivity index (χ0) is 24.4. The molecule has 0 amide bonds. The fraction of sp³-hybridized carbons (Fsp3) is 0.276. The van der Waals surface area contributed by atoms with Crippen LogP contribution in [0.25, 0.3) is 10.9 Å². The third-order valence-electron chi connectivity index (χ3n) is 6.70. The number of aryl methyl sites for hydroxylation is 1. The Balaban J connectivity index is 1.44. The van der Waals surface area contributed by atoms with Gasteiger partial charge in [0.25, 0.3) is 5.56 Å². The van der Waals surface area contributed by atoms with E-state index in [0.717, 1.165) is 36.3 Å². The van der Waals surface area contributed by atoms with Gasteiger partial charge in [0.1, 0.15) is 0 Å². The van der Waals surface area contributed by atoms with Crippen LogP contribution in [0.3, 0.4) is 0 Å². The summed E-state index contributed by atoms with van der Waals surface area (Å²) in [4.78, 5) is 39.2. The summed E-state index contributed by atoms with van der Waals surface area (Å²) in [5, 5.41) is 0.506. The molecular formula is C29H28N2O4. The van der Waals surface area contributed by atoms with Crippen molar-refractivity contribution in [2.45, 2.75) is 32.9 Å². The summed E-state index contributed by atoms with van der Waals surface area (Å²) >= 11 is 0. The summed E-state index contributed by atoms with van der Waals surface area (Å²) in [5.41, 5.74) is 3.55. The predicted molar refractivity (Wildman–Crippen MR) is 136 cm³/mol. The van der Waals surface area contributed by atoms with Crippen LogP contribution in [-0.2, 0) is 17.8 Å². The molecule has 0 spiro atoms. The van der Waals surface area contributed by atoms with Crippen LogP contribution in [0.2, 0.25) is 0 Å². The van der Waals surface area contributed by atoms with Crippen LogP contribution in [0, 0.1) is 12.8 Å². The van der Waals surface area contributed by atoms with Crippen molar-refractivity contribution in [3.63, 3.8) is 0 Å². The molecule has 2 heterocycles. The number of aromatic nitrogens is 2. The number of Topliss-reactive ketones (excluding diaryl/α,β-unsaturated/α-hetero) is 1. The first-order valence-corrected chi connectivity index (χ1v) is 12.0. The summed E-state index contributed by atoms with van der Waals surface area (Å²) in [7, 11) is 0. The Morgan fingerprint density at radius 1 is 0.857 bits per heavy atom. The van der Waals surface area contributed by atoms with Gasteiger partial charge in [0.15, 0.2) is 5.78 Å². The molecule has 1 aliphatic heterocycles. The van der Waals surface area contributed by atoms with Crippen LogP contribution in [0.5, 0.6) is 0 Å². The lowest BCUT2D eigenvalue weighted by molar-refractivity contribution is -0.0353. The second kappa shape index (κ2) is 9.84. The van der Waals surface area contributed by atoms with Crippen LogP contribution in [0.4, 0.5) is 0 Å². The Bertz CT molecular complexity index is 1480. The molecule has 35 heavy (non-hydrogen) atoms. The lowest BCUT2D eigenvalue weighted by atomic mass is 9.97. The average Bonchev–Trinajstić information content (AvgIpc) is 2.85. The van der Waals surface area contributed by atoms with Gasteiger partial charge in [-0.15, -0.1) is 0 Å². The minimum atomic E-state index is -0.350. The molecule has 0 unspecified atom stereocenters. The molecule has 3 aromatic carbocycles. The molecule has 6 nitrogen and oxygen atoms in total. The van der Waals surface area contributed by atoms with Gasteiger partial charge in [-0.2, -0.15) is 0 Å². The predicted octanol–water partition coefficient (Wildman–Crippen LogP) is 4.18. The highest BCUT2D eigenvalue weighted by atomic mass is 16.5. The minimum absolute atomic E-state index is 0.103. The van der Waals surface area contributed by atoms with Crippen molar-refractivity contribution < 1.29 is 9.53 Å². The Labute approximate surface area is 203 Å². The third kappa shape index (κ3) is 4.88. The Morgan fingerprint density at radius 2 is 1.49 bits per heavy atom. The van der Waals surface area contributed by atoms with Gasteiger partial charge < -0.3 is 4.74 Å². The number of ketones is 1. The highest BCUT2D eigenvalue weighted by Crippen LogP contribution is 2.18. The van der Waals surface area contributed by atoms with E-state index in [-0.39, 0.29) is 23.6 Å². The number of benzene rings is 3. The highest BCUT2D eigenvalue weighted by Gasteiger charge is 2.20. The first-order chi connectivity index (χ1) is 17.0. The quantitative estimate of drug-likeness (QED) is 0.364. The van der Waals surface area contributed by atoms with Crippen molar-refractivity contribution in [1.82, 2.24) is 9.13 Å². The van der Waals surface area contributed by atoms with Gasteiger partial charge in [-0.05, 0) is 36.6 Å². The molecule has 0 aliphatic carbocycles. The van der Waals surface area contributed by atoms with Crippen LogP contribution in [-0.4, -0.2) is 28.1 Å². The molecular weight excluding hydrogens is 440 g/mol. The second-order valence-corrected chi connectivity index (χ2v) is 9.33. The summed E-state index contributed by atoms with van der Waals surface area (Å²) in [6.45, 7) is 4.03. The molecule has 4 aromatic rings. The maximum atomic E-state index is 13.5. The smallest absolute Gasteiger partial charge is 0.332 e. The zero-order valence-corrected chi connectivity index (χ0v) is 19.8. The fourth-order valence-corrected chi connectivity index (χ4v) is 4.45. The monoisotopic (exact) mass is 468 g/mol. The van der Waals surface area contributed by atoms with E-state index >= 15 is 0 Å². The minimum Gasteiger partial charge on any atom is -0.381 e. The van der Waals surface area contributed by atoms with Crippen LogP contribution in [0.15, 0.2) is 82.4 Å². The van der Waals surface area contributed by atoms with E-state index in [1.54, 1.807) is 22.8 Å². The highest BCUT2D eigenvalue weighted by molar-refractivity contribution is 5.96. The third-order valence-corrected chi connectivity index (χ3v) is 6.70. The van der Waals surface area contributed by atoms with Gasteiger partial charge in [-0.25, -0.2) is 4.79 Å². The van der Waals surface area contributed by atoms with E-state index in [1.165, 1.54) is 4.57 Å². The first-order valence-electron chi connectivity index (χ1n) is 12.0. The summed E-state index contributed by atoms with van der Waals surface area (Å²) in [5.74, 6) is 0.590. The molecule has 1 aliphatic rings. The van der Waals surface area contributed by atoms with E-state index in [0.29, 0.717) is 35.3 Å². The number of nitrogens with zero attached hydrogens (tertiary/aromatic N) is 2. The molecule has 0 radical (unpaired) electrons. The van der Waals surface area contributed by atoms with Crippen LogP contribution >= 0.6 is 0 Å². The molecule has 5 rings (SSSR count). The van der Waals surface area contributed by atoms with Gasteiger partial charge in [0, 0.05) is 17.9 Å². The number of ether oxygens (including phenoxy) is 1. The maximum absolute atomic E-state index is 13.5. The number of carbonyl (C=O) groups excluding carboxylic acids is 1. The molecule has 1 aromatic heterocycles. The van der Waals surface area contributed by atoms with Crippen LogP contribution < -0.4 is 11.2 Å². The first kappa shape index (κ1) is 23.0. The fourth-order valence-electron chi connectivity index (χ4n) is 4.45. The zero-order valence-electron chi connectivity index (χ0n) is 19.8. The molecule has 0 atom stereocenters. The Kier molecular flexibility index (Phi) is 6.47. The molecule has 0 saturated carbocycles. The molecule has 6 heteroatoms. The van der Waals surface area contributed by atoms with Crippen molar-refractivity contribution in [3.8, 4) is 0 Å². The van der Waals surface area contributed by atoms with E-state index < -0.39 is 0 Å². The molecule has 0 bridgehead atoms. The Morgan fingerprint density at radius 3 is 2.14 bits per heavy atom. The van der Waals surface area contributed by atoms with Crippen molar-refractivity contribution >= 4 is 16.7 Å². The SMILES string of the molecule is Cc1ccc(Cn2c(=O)n(Cc3ccc(C(=O)CCC4COC4)cc3)c(=O)c3ccccc32)cc1. The van der Waals surface area contributed by atoms with Gasteiger partial charge >= 0.3 is 5.69 Å². The maximum Gasteiger partial charge on any atom is 0.332 e. The number of rotatable bonds is 8. The van der Waals surface area contributed by atoms with E-state index in [4.69, 9.17) is 4.74 Å². The van der Waals surface area contributed by atoms with E-state index in [2.05, 4.69) is 0 Å². The number of hydrogen-bond acceptors (Lipinski definition) is 4. The van der Waals surface area contributed by atoms with Gasteiger partial charge in [0.05, 0.1) is 37.2 Å². The molecule has 178 valence electrons. The summed E-state index contributed by atoms with van der Waals surface area (Å²) in [6, 6.07) is 22.5. The average molecular weight is 469 g/mol. The summed E-state index contributed by atoms with van der Waals surface area (Å²) in [6.07, 6.45) is 1.34. The number of fused-ring (bicyclic) bond motifs is 1. The van der Waals surface area contributed by atoms with Gasteiger partial charge in [-0.3, -0.25) is 18.7 Å². The Hall–Kier alpha value is -3.77. The van der Waals surface area contributed by atoms with Crippen LogP contribution in [0.1, 0.15) is 39.9 Å². The van der Waals surface area contributed by atoms with E-state index in [1.807, 2.05) is 61.5 Å². The van der Waals surface area contributed by atoms with Crippen molar-refractivity contribution in [1.29, 1.82) is 0 Å². The largest absolute Gasteiger partial charge is 0.381 e. The van der Waals surface area contributed by atoms with Crippen molar-refractivity contribution in [3.05, 3.63) is 116 Å². The number of hydrogen-bond donors (Lipinski definition) is 0. The lowest BCUT2D eigenvalue weighted by Crippen LogP contribution is -2.40. The van der Waals surface area contributed by atoms with Crippen molar-refractivity contribution in [2.75, 3.05) is 13.2 Å². The molecule has 0 N–H and O–H groups in total. The van der Waals surface area contributed by atoms with Gasteiger partial charge in [0.2, 0.25) is 0 Å². The normalized spacial score (nSPS) is 13.6. The number of para-hydroxylation sites is 1. The summed E-state index contributed by atoms with van der Waals surface area (Å²) < 4.78 is 8.11. The van der Waals surface area contributed by atoms with E-state index in [9.17, 15) is 14.4 Å². The topological polar surface area (TPSA) is 70.3 Å². The standard InChI is InChI=1S/C29H28N2O4/c1-20-6-8-21(9-7-20)16-30-26-5-3-2-4-25(26)28(33)31(29(30)34)17-22-10-13-24(14-11-22)27(32)15-12-23-18-35-19-23/h2-11,13-14,23H,12,15-19H2,1H3. The number of carbonyl (C=O) groups is 1. The lowest BCUT2D eigenvalue weighted by Gasteiger charge is -2.25. The molecule has 1 fully saturated rings. The van der Waals surface area contributed by atoms with Crippen molar-refractivity contribution in [2.24, 2.45) is 5.92 Å². The van der Waals surface area contributed by atoms with Gasteiger partial charge in [-0.1, -0.05) is 66.2 Å².